The van der Waals surface area contributed by atoms with E-state index >= 15 is 0 Å². The molecule has 0 saturated heterocycles. The quantitative estimate of drug-likeness (QED) is 0.504. The minimum Gasteiger partial charge on any atom is -0.457 e. The number of benzene rings is 3. The number of rotatable bonds is 5. The topological polar surface area (TPSA) is 60.3 Å². The van der Waals surface area contributed by atoms with Crippen molar-refractivity contribution in [2.24, 2.45) is 0 Å². The van der Waals surface area contributed by atoms with Crippen molar-refractivity contribution < 1.29 is 9.53 Å². The molecule has 29 heavy (non-hydrogen) atoms. The van der Waals surface area contributed by atoms with Gasteiger partial charge in [-0.3, -0.25) is 9.59 Å². The van der Waals surface area contributed by atoms with Gasteiger partial charge in [0.2, 0.25) is 5.91 Å². The fourth-order valence-electron chi connectivity index (χ4n) is 3.00. The number of anilines is 1. The van der Waals surface area contributed by atoms with Gasteiger partial charge < -0.3 is 14.6 Å². The summed E-state index contributed by atoms with van der Waals surface area (Å²) in [5, 5.41) is 3.88. The molecule has 0 atom stereocenters. The number of hydrogen-bond acceptors (Lipinski definition) is 3. The average molecular weight is 405 g/mol. The predicted octanol–water partition coefficient (Wildman–Crippen LogP) is 5.09. The van der Waals surface area contributed by atoms with E-state index in [2.05, 4.69) is 5.32 Å². The van der Waals surface area contributed by atoms with E-state index in [9.17, 15) is 9.59 Å². The number of nitrogens with one attached hydrogen (secondary N) is 1. The molecule has 0 fully saturated rings. The fourth-order valence-corrected chi connectivity index (χ4v) is 3.17. The first-order chi connectivity index (χ1) is 14.1. The van der Waals surface area contributed by atoms with Crippen LogP contribution in [0.5, 0.6) is 11.5 Å². The highest BCUT2D eigenvalue weighted by Gasteiger charge is 2.08. The lowest BCUT2D eigenvalue weighted by atomic mass is 10.2. The SMILES string of the molecule is O=C(Cn1ccc(=O)c2ccc(Cl)cc21)Nc1ccc(Oc2ccccc2)cc1. The summed E-state index contributed by atoms with van der Waals surface area (Å²) in [5.41, 5.74) is 1.16. The van der Waals surface area contributed by atoms with Crippen LogP contribution in [0.15, 0.2) is 89.9 Å². The molecule has 0 saturated carbocycles. The van der Waals surface area contributed by atoms with Gasteiger partial charge in [0.25, 0.3) is 0 Å². The Labute approximate surface area is 172 Å². The van der Waals surface area contributed by atoms with Crippen molar-refractivity contribution in [1.82, 2.24) is 4.57 Å². The Morgan fingerprint density at radius 1 is 0.931 bits per heavy atom. The highest BCUT2D eigenvalue weighted by Crippen LogP contribution is 2.23. The van der Waals surface area contributed by atoms with Crippen molar-refractivity contribution in [3.8, 4) is 11.5 Å². The maximum atomic E-state index is 12.5. The standard InChI is InChI=1S/C23H17ClN2O3/c24-16-6-11-20-21(14-16)26(13-12-22(20)27)15-23(28)25-17-7-9-19(10-8-17)29-18-4-2-1-3-5-18/h1-14H,15H2,(H,25,28). The van der Waals surface area contributed by atoms with Crippen molar-refractivity contribution in [3.63, 3.8) is 0 Å². The van der Waals surface area contributed by atoms with Gasteiger partial charge in [0, 0.05) is 28.4 Å². The number of halogens is 1. The van der Waals surface area contributed by atoms with Crippen LogP contribution in [0.3, 0.4) is 0 Å². The molecule has 1 aromatic heterocycles. The Balaban J connectivity index is 1.46. The van der Waals surface area contributed by atoms with Gasteiger partial charge in [-0.05, 0) is 54.6 Å². The van der Waals surface area contributed by atoms with Gasteiger partial charge >= 0.3 is 0 Å². The number of ether oxygens (including phenoxy) is 1. The molecule has 0 unspecified atom stereocenters. The van der Waals surface area contributed by atoms with Crippen LogP contribution in [0.4, 0.5) is 5.69 Å². The van der Waals surface area contributed by atoms with Gasteiger partial charge in [-0.1, -0.05) is 29.8 Å². The maximum absolute atomic E-state index is 12.5. The van der Waals surface area contributed by atoms with Crippen molar-refractivity contribution in [2.75, 3.05) is 5.32 Å². The van der Waals surface area contributed by atoms with E-state index in [0.29, 0.717) is 27.4 Å². The first kappa shape index (κ1) is 18.8. The van der Waals surface area contributed by atoms with Gasteiger partial charge in [-0.25, -0.2) is 0 Å². The molecule has 4 rings (SSSR count). The van der Waals surface area contributed by atoms with E-state index in [4.69, 9.17) is 16.3 Å². The van der Waals surface area contributed by atoms with E-state index < -0.39 is 0 Å². The molecule has 0 aliphatic heterocycles. The molecule has 144 valence electrons. The lowest BCUT2D eigenvalue weighted by molar-refractivity contribution is -0.116. The smallest absolute Gasteiger partial charge is 0.244 e. The van der Waals surface area contributed by atoms with E-state index in [-0.39, 0.29) is 17.9 Å². The van der Waals surface area contributed by atoms with Crippen LogP contribution in [0.25, 0.3) is 10.9 Å². The third kappa shape index (κ3) is 4.47. The molecule has 4 aromatic rings. The van der Waals surface area contributed by atoms with E-state index in [1.165, 1.54) is 6.07 Å². The molecule has 0 bridgehead atoms. The largest absolute Gasteiger partial charge is 0.457 e. The minimum absolute atomic E-state index is 0.0549. The number of amides is 1. The molecule has 6 heteroatoms. The summed E-state index contributed by atoms with van der Waals surface area (Å²) in [5.74, 6) is 1.20. The third-order valence-electron chi connectivity index (χ3n) is 4.37. The maximum Gasteiger partial charge on any atom is 0.244 e. The lowest BCUT2D eigenvalue weighted by Crippen LogP contribution is -2.20. The molecule has 0 spiro atoms. The summed E-state index contributed by atoms with van der Waals surface area (Å²) < 4.78 is 7.44. The molecule has 5 nitrogen and oxygen atoms in total. The Kier molecular flexibility index (Phi) is 5.31. The number of carbonyl (C=O) groups excluding carboxylic acids is 1. The molecule has 1 heterocycles. The van der Waals surface area contributed by atoms with Gasteiger partial charge in [-0.15, -0.1) is 0 Å². The highest BCUT2D eigenvalue weighted by atomic mass is 35.5. The van der Waals surface area contributed by atoms with Gasteiger partial charge in [0.1, 0.15) is 18.0 Å². The predicted molar refractivity (Wildman–Crippen MR) is 115 cm³/mol. The Morgan fingerprint density at radius 3 is 2.41 bits per heavy atom. The molecule has 0 aliphatic carbocycles. The first-order valence-corrected chi connectivity index (χ1v) is 9.38. The summed E-state index contributed by atoms with van der Waals surface area (Å²) in [6.45, 7) is 0.0549. The Bertz CT molecular complexity index is 1220. The van der Waals surface area contributed by atoms with E-state index in [1.54, 1.807) is 53.2 Å². The van der Waals surface area contributed by atoms with E-state index in [0.717, 1.165) is 5.75 Å². The third-order valence-corrected chi connectivity index (χ3v) is 4.61. The summed E-state index contributed by atoms with van der Waals surface area (Å²) in [4.78, 5) is 24.5. The zero-order valence-electron chi connectivity index (χ0n) is 15.3. The fraction of sp³-hybridized carbons (Fsp3) is 0.0435. The van der Waals surface area contributed by atoms with Crippen LogP contribution < -0.4 is 15.5 Å². The Hall–Kier alpha value is -3.57. The van der Waals surface area contributed by atoms with Crippen LogP contribution in [0.2, 0.25) is 5.02 Å². The minimum atomic E-state index is -0.216. The molecule has 3 aromatic carbocycles. The summed E-state index contributed by atoms with van der Waals surface area (Å²) in [6.07, 6.45) is 1.59. The van der Waals surface area contributed by atoms with Crippen LogP contribution in [0, 0.1) is 0 Å². The molecule has 1 amide bonds. The summed E-state index contributed by atoms with van der Waals surface area (Å²) in [6, 6.07) is 23.0. The number of aromatic nitrogens is 1. The molecule has 1 N–H and O–H groups in total. The second kappa shape index (κ2) is 8.20. The second-order valence-electron chi connectivity index (χ2n) is 6.46. The Morgan fingerprint density at radius 2 is 1.66 bits per heavy atom. The molecule has 0 radical (unpaired) electrons. The normalized spacial score (nSPS) is 10.7. The number of para-hydroxylation sites is 1. The zero-order valence-corrected chi connectivity index (χ0v) is 16.1. The zero-order chi connectivity index (χ0) is 20.2. The monoisotopic (exact) mass is 404 g/mol. The van der Waals surface area contributed by atoms with E-state index in [1.807, 2.05) is 30.3 Å². The first-order valence-electron chi connectivity index (χ1n) is 9.00. The van der Waals surface area contributed by atoms with Crippen LogP contribution >= 0.6 is 11.6 Å². The van der Waals surface area contributed by atoms with Crippen molar-refractivity contribution in [2.45, 2.75) is 6.54 Å². The van der Waals surface area contributed by atoms with Crippen LogP contribution in [0.1, 0.15) is 0 Å². The lowest BCUT2D eigenvalue weighted by Gasteiger charge is -2.12. The molecular formula is C23H17ClN2O3. The van der Waals surface area contributed by atoms with Crippen molar-refractivity contribution in [3.05, 3.63) is 100 Å². The van der Waals surface area contributed by atoms with Gasteiger partial charge in [-0.2, -0.15) is 0 Å². The number of hydrogen-bond donors (Lipinski definition) is 1. The number of pyridine rings is 1. The van der Waals surface area contributed by atoms with Crippen LogP contribution in [-0.2, 0) is 11.3 Å². The number of fused-ring (bicyclic) bond motifs is 1. The second-order valence-corrected chi connectivity index (χ2v) is 6.89. The highest BCUT2D eigenvalue weighted by molar-refractivity contribution is 6.31. The molecular weight excluding hydrogens is 388 g/mol. The number of carbonyl (C=O) groups is 1. The average Bonchev–Trinajstić information content (AvgIpc) is 2.72. The van der Waals surface area contributed by atoms with Gasteiger partial charge in [0.15, 0.2) is 5.43 Å². The van der Waals surface area contributed by atoms with Crippen LogP contribution in [-0.4, -0.2) is 10.5 Å². The van der Waals surface area contributed by atoms with Gasteiger partial charge in [0.05, 0.1) is 5.52 Å². The summed E-state index contributed by atoms with van der Waals surface area (Å²) >= 11 is 6.05. The number of nitrogens with zero attached hydrogens (tertiary/aromatic N) is 1. The van der Waals surface area contributed by atoms with Crippen molar-refractivity contribution >= 4 is 34.1 Å². The molecule has 0 aliphatic rings. The summed E-state index contributed by atoms with van der Waals surface area (Å²) in [7, 11) is 0. The van der Waals surface area contributed by atoms with Crippen molar-refractivity contribution in [1.29, 1.82) is 0 Å².